The third-order valence-corrected chi connectivity index (χ3v) is 4.27. The predicted molar refractivity (Wildman–Crippen MR) is 87.0 cm³/mol. The van der Waals surface area contributed by atoms with Crippen LogP contribution >= 0.6 is 0 Å². The van der Waals surface area contributed by atoms with Crippen molar-refractivity contribution in [3.8, 4) is 0 Å². The van der Waals surface area contributed by atoms with Crippen molar-refractivity contribution in [1.29, 1.82) is 0 Å². The summed E-state index contributed by atoms with van der Waals surface area (Å²) in [6, 6.07) is 8.78. The topological polar surface area (TPSA) is 88.3 Å². The molecule has 0 N–H and O–H groups in total. The van der Waals surface area contributed by atoms with Gasteiger partial charge in [0.15, 0.2) is 5.03 Å². The first-order chi connectivity index (χ1) is 11.6. The normalized spacial score (nSPS) is 22.8. The summed E-state index contributed by atoms with van der Waals surface area (Å²) in [6.07, 6.45) is 1.68. The molecule has 2 aliphatic rings. The summed E-state index contributed by atoms with van der Waals surface area (Å²) in [4.78, 5) is 27.0. The van der Waals surface area contributed by atoms with E-state index in [1.807, 2.05) is 11.0 Å². The molecule has 2 aliphatic heterocycles. The number of benzene rings is 1. The van der Waals surface area contributed by atoms with Gasteiger partial charge in [0.05, 0.1) is 6.61 Å². The maximum Gasteiger partial charge on any atom is 0.280 e. The minimum absolute atomic E-state index is 0.131. The molecule has 1 aromatic rings. The number of hydrazone groups is 1. The zero-order valence-electron chi connectivity index (χ0n) is 13.3. The average molecular weight is 332 g/mol. The van der Waals surface area contributed by atoms with Gasteiger partial charge in [-0.2, -0.15) is 0 Å². The van der Waals surface area contributed by atoms with Gasteiger partial charge >= 0.3 is 0 Å². The molecule has 0 aliphatic carbocycles. The third kappa shape index (κ3) is 3.70. The fourth-order valence-corrected chi connectivity index (χ4v) is 3.12. The van der Waals surface area contributed by atoms with Crippen molar-refractivity contribution in [3.63, 3.8) is 0 Å². The third-order valence-electron chi connectivity index (χ3n) is 4.27. The smallest absolute Gasteiger partial charge is 0.280 e. The Morgan fingerprint density at radius 3 is 2.79 bits per heavy atom. The highest BCUT2D eigenvalue weighted by Gasteiger charge is 2.33. The Morgan fingerprint density at radius 1 is 1.33 bits per heavy atom. The molecule has 0 saturated carbocycles. The van der Waals surface area contributed by atoms with E-state index in [4.69, 9.17) is 4.74 Å². The van der Waals surface area contributed by atoms with Crippen molar-refractivity contribution in [2.24, 2.45) is 11.0 Å². The summed E-state index contributed by atoms with van der Waals surface area (Å²) < 4.78 is 5.38. The van der Waals surface area contributed by atoms with E-state index < -0.39 is 5.03 Å². The van der Waals surface area contributed by atoms with Gasteiger partial charge in [-0.3, -0.25) is 9.69 Å². The second-order valence-electron chi connectivity index (χ2n) is 5.99. The largest absolute Gasteiger partial charge is 0.381 e. The number of nitrogens with zero attached hydrogens (tertiary/aromatic N) is 4. The van der Waals surface area contributed by atoms with E-state index in [9.17, 15) is 14.9 Å². The number of guanidine groups is 1. The molecule has 2 heterocycles. The van der Waals surface area contributed by atoms with Crippen LogP contribution in [0.2, 0.25) is 0 Å². The number of hydrogen-bond donors (Lipinski definition) is 0. The van der Waals surface area contributed by atoms with Gasteiger partial charge in [0.1, 0.15) is 5.10 Å². The van der Waals surface area contributed by atoms with Gasteiger partial charge in [-0.25, -0.2) is 10.1 Å². The Kier molecular flexibility index (Phi) is 5.05. The predicted octanol–water partition coefficient (Wildman–Crippen LogP) is 1.42. The van der Waals surface area contributed by atoms with Gasteiger partial charge in [-0.05, 0) is 25.0 Å². The Hall–Kier alpha value is -2.48. The molecule has 0 aromatic heterocycles. The second-order valence-corrected chi connectivity index (χ2v) is 5.99. The van der Waals surface area contributed by atoms with E-state index in [-0.39, 0.29) is 11.9 Å². The number of carbonyl (C=O) groups is 1. The maximum absolute atomic E-state index is 12.7. The van der Waals surface area contributed by atoms with Crippen LogP contribution in [0.1, 0.15) is 23.2 Å². The van der Waals surface area contributed by atoms with Crippen molar-refractivity contribution in [2.75, 3.05) is 32.8 Å². The van der Waals surface area contributed by atoms with Gasteiger partial charge in [0.25, 0.3) is 11.9 Å². The lowest BCUT2D eigenvalue weighted by Gasteiger charge is -2.37. The molecule has 3 rings (SSSR count). The molecule has 1 aromatic carbocycles. The molecule has 0 radical (unpaired) electrons. The highest BCUT2D eigenvalue weighted by Crippen LogP contribution is 2.19. The van der Waals surface area contributed by atoms with Crippen LogP contribution < -0.4 is 0 Å². The lowest BCUT2D eigenvalue weighted by atomic mass is 10.1. The van der Waals surface area contributed by atoms with Crippen molar-refractivity contribution >= 4 is 11.9 Å². The molecular formula is C16H20N4O4. The van der Waals surface area contributed by atoms with Gasteiger partial charge in [-0.1, -0.05) is 18.2 Å². The minimum Gasteiger partial charge on any atom is -0.381 e. The van der Waals surface area contributed by atoms with E-state index in [0.717, 1.165) is 12.8 Å². The van der Waals surface area contributed by atoms with Gasteiger partial charge in [0, 0.05) is 37.7 Å². The van der Waals surface area contributed by atoms with Crippen molar-refractivity contribution in [2.45, 2.75) is 12.8 Å². The van der Waals surface area contributed by atoms with Gasteiger partial charge in [-0.15, -0.1) is 0 Å². The summed E-state index contributed by atoms with van der Waals surface area (Å²) in [5.74, 6) is 0.185. The summed E-state index contributed by atoms with van der Waals surface area (Å²) in [6.45, 7) is 3.06. The molecule has 128 valence electrons. The first-order valence-electron chi connectivity index (χ1n) is 8.08. The Labute approximate surface area is 139 Å². The van der Waals surface area contributed by atoms with E-state index in [2.05, 4.69) is 5.10 Å². The Balaban J connectivity index is 1.83. The molecule has 1 unspecified atom stereocenters. The number of nitro groups is 1. The lowest BCUT2D eigenvalue weighted by Crippen LogP contribution is -2.54. The highest BCUT2D eigenvalue weighted by molar-refractivity contribution is 6.05. The molecule has 24 heavy (non-hydrogen) atoms. The fraction of sp³-hybridized carbons (Fsp3) is 0.500. The summed E-state index contributed by atoms with van der Waals surface area (Å²) in [5.41, 5.74) is 0.500. The van der Waals surface area contributed by atoms with Crippen molar-refractivity contribution in [3.05, 3.63) is 46.0 Å². The molecule has 1 atom stereocenters. The van der Waals surface area contributed by atoms with Crippen LogP contribution in [-0.4, -0.2) is 59.5 Å². The van der Waals surface area contributed by atoms with Crippen LogP contribution in [0.15, 0.2) is 35.4 Å². The lowest BCUT2D eigenvalue weighted by molar-refractivity contribution is -0.486. The SMILES string of the molecule is O=C(c1ccccc1)N1CCCN(CC2CCOC2)/C1=N\[N+](=O)[O-]. The number of amides is 1. The molecule has 2 saturated heterocycles. The van der Waals surface area contributed by atoms with E-state index in [0.29, 0.717) is 44.3 Å². The molecule has 1 amide bonds. The minimum atomic E-state index is -0.732. The summed E-state index contributed by atoms with van der Waals surface area (Å²) in [5, 5.41) is 13.8. The first-order valence-corrected chi connectivity index (χ1v) is 8.08. The molecular weight excluding hydrogens is 312 g/mol. The Morgan fingerprint density at radius 2 is 2.12 bits per heavy atom. The monoisotopic (exact) mass is 332 g/mol. The Bertz CT molecular complexity index is 628. The molecule has 8 heteroatoms. The number of rotatable bonds is 4. The number of carbonyl (C=O) groups excluding carboxylic acids is 1. The summed E-state index contributed by atoms with van der Waals surface area (Å²) >= 11 is 0. The van der Waals surface area contributed by atoms with Crippen LogP contribution in [0.4, 0.5) is 0 Å². The zero-order chi connectivity index (χ0) is 16.9. The maximum atomic E-state index is 12.7. The van der Waals surface area contributed by atoms with Crippen molar-refractivity contribution < 1.29 is 14.6 Å². The molecule has 0 bridgehead atoms. The zero-order valence-corrected chi connectivity index (χ0v) is 13.3. The van der Waals surface area contributed by atoms with Crippen LogP contribution in [0.3, 0.4) is 0 Å². The van der Waals surface area contributed by atoms with Gasteiger partial charge in [0.2, 0.25) is 0 Å². The fourth-order valence-electron chi connectivity index (χ4n) is 3.12. The van der Waals surface area contributed by atoms with Gasteiger partial charge < -0.3 is 9.64 Å². The quantitative estimate of drug-likeness (QED) is 0.614. The first kappa shape index (κ1) is 16.4. The second kappa shape index (κ2) is 7.39. The van der Waals surface area contributed by atoms with Crippen LogP contribution in [-0.2, 0) is 4.74 Å². The van der Waals surface area contributed by atoms with Crippen LogP contribution in [0.25, 0.3) is 0 Å². The highest BCUT2D eigenvalue weighted by atomic mass is 16.7. The van der Waals surface area contributed by atoms with E-state index in [1.54, 1.807) is 24.3 Å². The average Bonchev–Trinajstić information content (AvgIpc) is 3.09. The van der Waals surface area contributed by atoms with Crippen molar-refractivity contribution in [1.82, 2.24) is 9.80 Å². The van der Waals surface area contributed by atoms with E-state index >= 15 is 0 Å². The molecule has 8 nitrogen and oxygen atoms in total. The number of hydrogen-bond acceptors (Lipinski definition) is 4. The van der Waals surface area contributed by atoms with Crippen LogP contribution in [0.5, 0.6) is 0 Å². The summed E-state index contributed by atoms with van der Waals surface area (Å²) in [7, 11) is 0. The molecule has 2 fully saturated rings. The molecule has 0 spiro atoms. The number of ether oxygens (including phenoxy) is 1. The van der Waals surface area contributed by atoms with Crippen LogP contribution in [0, 0.1) is 16.0 Å². The standard InChI is InChI=1S/C16H20N4O4/c21-15(14-5-2-1-3-6-14)19-9-4-8-18(16(19)17-20(22)23)11-13-7-10-24-12-13/h1-3,5-6,13H,4,7-12H2/b17-16+. The van der Waals surface area contributed by atoms with E-state index in [1.165, 1.54) is 4.90 Å².